The van der Waals surface area contributed by atoms with Crippen LogP contribution in [0, 0.1) is 18.3 Å². The molecule has 2 aromatic carbocycles. The number of amides is 2. The molecule has 1 aliphatic rings. The number of anilines is 2. The Balaban J connectivity index is 1.80. The van der Waals surface area contributed by atoms with E-state index in [2.05, 4.69) is 19.2 Å². The lowest BCUT2D eigenvalue weighted by Crippen LogP contribution is -2.42. The van der Waals surface area contributed by atoms with Crippen molar-refractivity contribution in [1.29, 1.82) is 0 Å². The van der Waals surface area contributed by atoms with Crippen LogP contribution in [0.1, 0.15) is 45.2 Å². The molecule has 3 rings (SSSR count). The van der Waals surface area contributed by atoms with E-state index in [0.29, 0.717) is 36.9 Å². The van der Waals surface area contributed by atoms with Gasteiger partial charge in [0.2, 0.25) is 11.8 Å². The van der Waals surface area contributed by atoms with Crippen LogP contribution in [0.15, 0.2) is 42.5 Å². The van der Waals surface area contributed by atoms with Crippen LogP contribution in [0.5, 0.6) is 5.75 Å². The molecule has 1 aliphatic heterocycles. The minimum Gasteiger partial charge on any atom is -0.490 e. The average Bonchev–Trinajstić information content (AvgIpc) is 2.75. The molecule has 0 radical (unpaired) electrons. The quantitative estimate of drug-likeness (QED) is 0.734. The molecule has 0 aliphatic carbocycles. The summed E-state index contributed by atoms with van der Waals surface area (Å²) in [7, 11) is 0. The summed E-state index contributed by atoms with van der Waals surface area (Å²) in [5.41, 5.74) is 2.94. The van der Waals surface area contributed by atoms with Crippen LogP contribution in [0.25, 0.3) is 0 Å². The zero-order valence-corrected chi connectivity index (χ0v) is 18.6. The second-order valence-corrected chi connectivity index (χ2v) is 9.21. The van der Waals surface area contributed by atoms with Crippen LogP contribution in [0.4, 0.5) is 11.4 Å². The first-order valence-corrected chi connectivity index (χ1v) is 10.6. The Morgan fingerprint density at radius 3 is 2.67 bits per heavy atom. The summed E-state index contributed by atoms with van der Waals surface area (Å²) < 4.78 is 6.01. The largest absolute Gasteiger partial charge is 0.490 e. The van der Waals surface area contributed by atoms with Crippen LogP contribution in [-0.2, 0) is 16.0 Å². The van der Waals surface area contributed by atoms with Gasteiger partial charge in [0.15, 0.2) is 0 Å². The summed E-state index contributed by atoms with van der Waals surface area (Å²) in [6.07, 6.45) is 1.22. The van der Waals surface area contributed by atoms with Crippen molar-refractivity contribution in [2.45, 2.75) is 47.5 Å². The number of nitrogens with zero attached hydrogens (tertiary/aromatic N) is 1. The first-order valence-electron chi connectivity index (χ1n) is 10.6. The Morgan fingerprint density at radius 2 is 1.97 bits per heavy atom. The first-order chi connectivity index (χ1) is 14.2. The van der Waals surface area contributed by atoms with Gasteiger partial charge < -0.3 is 15.0 Å². The number of aryl methyl sites for hydroxylation is 1. The summed E-state index contributed by atoms with van der Waals surface area (Å²) in [5, 5.41) is 2.96. The predicted octanol–water partition coefficient (Wildman–Crippen LogP) is 4.97. The standard InChI is InChI=1S/C25H32N2O3/c1-17(2)11-12-27-21-10-9-20(15-22(21)30-16-25(4,5)24(27)29)26-23(28)14-19-8-6-7-18(3)13-19/h6-10,13,15,17H,11-12,14,16H2,1-5H3,(H,26,28). The number of hydrogen-bond donors (Lipinski definition) is 1. The number of rotatable bonds is 6. The molecule has 0 unspecified atom stereocenters. The highest BCUT2D eigenvalue weighted by atomic mass is 16.5. The first kappa shape index (κ1) is 21.9. The number of nitrogens with one attached hydrogen (secondary N) is 1. The molecule has 0 bridgehead atoms. The molecule has 0 fully saturated rings. The summed E-state index contributed by atoms with van der Waals surface area (Å²) in [4.78, 5) is 27.5. The molecule has 1 N–H and O–H groups in total. The fourth-order valence-corrected chi connectivity index (χ4v) is 3.55. The summed E-state index contributed by atoms with van der Waals surface area (Å²) >= 11 is 0. The van der Waals surface area contributed by atoms with Crippen molar-refractivity contribution in [3.63, 3.8) is 0 Å². The maximum absolute atomic E-state index is 13.1. The molecule has 1 heterocycles. The zero-order chi connectivity index (χ0) is 21.9. The van der Waals surface area contributed by atoms with Crippen LogP contribution >= 0.6 is 0 Å². The Kier molecular flexibility index (Phi) is 6.49. The molecule has 0 spiro atoms. The summed E-state index contributed by atoms with van der Waals surface area (Å²) in [6, 6.07) is 13.5. The minimum atomic E-state index is -0.607. The topological polar surface area (TPSA) is 58.6 Å². The van der Waals surface area contributed by atoms with E-state index in [0.717, 1.165) is 23.2 Å². The van der Waals surface area contributed by atoms with Crippen LogP contribution < -0.4 is 15.0 Å². The molecule has 5 nitrogen and oxygen atoms in total. The van der Waals surface area contributed by atoms with E-state index in [1.54, 1.807) is 0 Å². The van der Waals surface area contributed by atoms with Gasteiger partial charge in [-0.2, -0.15) is 0 Å². The molecular weight excluding hydrogens is 376 g/mol. The Hall–Kier alpha value is -2.82. The molecule has 2 amide bonds. The Labute approximate surface area is 179 Å². The van der Waals surface area contributed by atoms with Gasteiger partial charge in [0.25, 0.3) is 0 Å². The number of carbonyl (C=O) groups is 2. The lowest BCUT2D eigenvalue weighted by Gasteiger charge is -2.28. The minimum absolute atomic E-state index is 0.0677. The SMILES string of the molecule is Cc1cccc(CC(=O)Nc2ccc3c(c2)OCC(C)(C)C(=O)N3CCC(C)C)c1. The normalized spacial score (nSPS) is 15.4. The highest BCUT2D eigenvalue weighted by Crippen LogP contribution is 2.38. The fraction of sp³-hybridized carbons (Fsp3) is 0.440. The van der Waals surface area contributed by atoms with Crippen molar-refractivity contribution in [3.8, 4) is 5.75 Å². The van der Waals surface area contributed by atoms with Gasteiger partial charge >= 0.3 is 0 Å². The molecule has 0 atom stereocenters. The monoisotopic (exact) mass is 408 g/mol. The molecule has 0 aromatic heterocycles. The molecule has 160 valence electrons. The van der Waals surface area contributed by atoms with Gasteiger partial charge in [-0.15, -0.1) is 0 Å². The maximum atomic E-state index is 13.1. The van der Waals surface area contributed by atoms with E-state index in [-0.39, 0.29) is 11.8 Å². The number of carbonyl (C=O) groups excluding carboxylic acids is 2. The van der Waals surface area contributed by atoms with E-state index in [1.165, 1.54) is 0 Å². The van der Waals surface area contributed by atoms with E-state index < -0.39 is 5.41 Å². The van der Waals surface area contributed by atoms with Gasteiger partial charge in [-0.25, -0.2) is 0 Å². The van der Waals surface area contributed by atoms with Gasteiger partial charge in [0.05, 0.1) is 17.5 Å². The highest BCUT2D eigenvalue weighted by Gasteiger charge is 2.37. The highest BCUT2D eigenvalue weighted by molar-refractivity contribution is 6.00. The summed E-state index contributed by atoms with van der Waals surface area (Å²) in [5.74, 6) is 1.11. The lowest BCUT2D eigenvalue weighted by molar-refractivity contribution is -0.127. The van der Waals surface area contributed by atoms with Gasteiger partial charge in [-0.3, -0.25) is 9.59 Å². The van der Waals surface area contributed by atoms with Crippen molar-refractivity contribution in [1.82, 2.24) is 0 Å². The summed E-state index contributed by atoms with van der Waals surface area (Å²) in [6.45, 7) is 11.1. The average molecular weight is 409 g/mol. The van der Waals surface area contributed by atoms with Crippen LogP contribution in [0.2, 0.25) is 0 Å². The van der Waals surface area contributed by atoms with Crippen molar-refractivity contribution < 1.29 is 14.3 Å². The van der Waals surface area contributed by atoms with Crippen LogP contribution in [0.3, 0.4) is 0 Å². The van der Waals surface area contributed by atoms with Crippen molar-refractivity contribution >= 4 is 23.2 Å². The maximum Gasteiger partial charge on any atom is 0.236 e. The third-order valence-electron chi connectivity index (χ3n) is 5.32. The molecule has 0 saturated heterocycles. The molecule has 0 saturated carbocycles. The van der Waals surface area contributed by atoms with Gasteiger partial charge in [0, 0.05) is 18.3 Å². The third-order valence-corrected chi connectivity index (χ3v) is 5.32. The van der Waals surface area contributed by atoms with Crippen molar-refractivity contribution in [2.75, 3.05) is 23.4 Å². The number of hydrogen-bond acceptors (Lipinski definition) is 3. The van der Waals surface area contributed by atoms with E-state index in [4.69, 9.17) is 4.74 Å². The zero-order valence-electron chi connectivity index (χ0n) is 18.6. The lowest BCUT2D eigenvalue weighted by atomic mass is 9.92. The fourth-order valence-electron chi connectivity index (χ4n) is 3.55. The van der Waals surface area contributed by atoms with Crippen LogP contribution in [-0.4, -0.2) is 25.0 Å². The number of benzene rings is 2. The Bertz CT molecular complexity index is 934. The smallest absolute Gasteiger partial charge is 0.236 e. The van der Waals surface area contributed by atoms with E-state index >= 15 is 0 Å². The van der Waals surface area contributed by atoms with Crippen molar-refractivity contribution in [3.05, 3.63) is 53.6 Å². The van der Waals surface area contributed by atoms with Crippen molar-refractivity contribution in [2.24, 2.45) is 11.3 Å². The second-order valence-electron chi connectivity index (χ2n) is 9.21. The molecule has 5 heteroatoms. The van der Waals surface area contributed by atoms with E-state index in [1.807, 2.05) is 68.1 Å². The Morgan fingerprint density at radius 1 is 1.20 bits per heavy atom. The van der Waals surface area contributed by atoms with Gasteiger partial charge in [-0.1, -0.05) is 43.7 Å². The van der Waals surface area contributed by atoms with Gasteiger partial charge in [0.1, 0.15) is 12.4 Å². The molecule has 30 heavy (non-hydrogen) atoms. The molecule has 2 aromatic rings. The number of fused-ring (bicyclic) bond motifs is 1. The second kappa shape index (κ2) is 8.90. The predicted molar refractivity (Wildman–Crippen MR) is 121 cm³/mol. The van der Waals surface area contributed by atoms with E-state index in [9.17, 15) is 9.59 Å². The van der Waals surface area contributed by atoms with Gasteiger partial charge in [-0.05, 0) is 50.8 Å². The number of ether oxygens (including phenoxy) is 1. The third kappa shape index (κ3) is 5.21. The molecular formula is C25H32N2O3.